The first-order chi connectivity index (χ1) is 9.22. The Hall–Kier alpha value is -1.36. The summed E-state index contributed by atoms with van der Waals surface area (Å²) >= 11 is 2.02. The van der Waals surface area contributed by atoms with Crippen molar-refractivity contribution in [2.75, 3.05) is 28.7 Å². The third-order valence-electron chi connectivity index (χ3n) is 3.53. The first-order valence-corrected chi connectivity index (χ1v) is 7.81. The van der Waals surface area contributed by atoms with Crippen LogP contribution >= 0.6 is 11.8 Å². The van der Waals surface area contributed by atoms with Gasteiger partial charge in [0.05, 0.1) is 5.69 Å². The molecule has 0 bridgehead atoms. The van der Waals surface area contributed by atoms with Gasteiger partial charge in [0, 0.05) is 12.2 Å². The molecule has 19 heavy (non-hydrogen) atoms. The molecule has 0 aliphatic carbocycles. The minimum Gasteiger partial charge on any atom is -0.479 e. The summed E-state index contributed by atoms with van der Waals surface area (Å²) < 4.78 is 5.53. The van der Waals surface area contributed by atoms with Crippen LogP contribution in [0.4, 0.5) is 11.4 Å². The molecule has 1 saturated heterocycles. The Labute approximate surface area is 117 Å². The molecule has 0 radical (unpaired) electrons. The highest BCUT2D eigenvalue weighted by Gasteiger charge is 2.23. The number of carbonyl (C=O) groups excluding carboxylic acids is 1. The van der Waals surface area contributed by atoms with E-state index in [1.807, 2.05) is 30.0 Å². The van der Waals surface area contributed by atoms with E-state index in [2.05, 4.69) is 10.6 Å². The molecule has 102 valence electrons. The second-order valence-corrected chi connectivity index (χ2v) is 6.22. The van der Waals surface area contributed by atoms with Crippen molar-refractivity contribution in [2.45, 2.75) is 19.4 Å². The molecular weight excluding hydrogens is 260 g/mol. The summed E-state index contributed by atoms with van der Waals surface area (Å²) in [4.78, 5) is 11.6. The average molecular weight is 278 g/mol. The fourth-order valence-corrected chi connectivity index (χ4v) is 3.61. The molecule has 0 aromatic heterocycles. The van der Waals surface area contributed by atoms with Gasteiger partial charge < -0.3 is 15.4 Å². The predicted octanol–water partition coefficient (Wildman–Crippen LogP) is 2.57. The third kappa shape index (κ3) is 2.81. The van der Waals surface area contributed by atoms with Gasteiger partial charge in [0.25, 0.3) is 5.91 Å². The summed E-state index contributed by atoms with van der Waals surface area (Å²) in [6, 6.07) is 5.86. The van der Waals surface area contributed by atoms with E-state index >= 15 is 0 Å². The number of ether oxygens (including phenoxy) is 1. The molecule has 0 saturated carbocycles. The Morgan fingerprint density at radius 2 is 2.42 bits per heavy atom. The number of anilines is 2. The molecule has 1 aromatic carbocycles. The van der Waals surface area contributed by atoms with Gasteiger partial charge in [-0.1, -0.05) is 0 Å². The largest absolute Gasteiger partial charge is 0.479 e. The van der Waals surface area contributed by atoms with Crippen molar-refractivity contribution in [3.8, 4) is 5.75 Å². The topological polar surface area (TPSA) is 50.4 Å². The molecule has 2 heterocycles. The molecule has 2 aliphatic rings. The van der Waals surface area contributed by atoms with E-state index in [9.17, 15) is 4.79 Å². The minimum atomic E-state index is -0.415. The molecule has 1 fully saturated rings. The first-order valence-electron chi connectivity index (χ1n) is 6.65. The highest BCUT2D eigenvalue weighted by molar-refractivity contribution is 7.99. The zero-order chi connectivity index (χ0) is 13.2. The van der Waals surface area contributed by atoms with E-state index in [4.69, 9.17) is 4.74 Å². The molecule has 5 heteroatoms. The fourth-order valence-electron chi connectivity index (χ4n) is 2.33. The number of hydrogen-bond donors (Lipinski definition) is 2. The van der Waals surface area contributed by atoms with Crippen molar-refractivity contribution >= 4 is 29.0 Å². The summed E-state index contributed by atoms with van der Waals surface area (Å²) in [5.41, 5.74) is 1.79. The third-order valence-corrected chi connectivity index (χ3v) is 4.76. The van der Waals surface area contributed by atoms with Crippen LogP contribution in [0.1, 0.15) is 13.3 Å². The van der Waals surface area contributed by atoms with E-state index in [0.29, 0.717) is 0 Å². The molecule has 2 atom stereocenters. The maximum atomic E-state index is 11.6. The summed E-state index contributed by atoms with van der Waals surface area (Å²) in [5.74, 6) is 3.94. The second kappa shape index (κ2) is 5.33. The highest BCUT2D eigenvalue weighted by atomic mass is 32.2. The molecule has 3 rings (SSSR count). The van der Waals surface area contributed by atoms with Gasteiger partial charge in [-0.15, -0.1) is 0 Å². The number of fused-ring (bicyclic) bond motifs is 1. The SMILES string of the molecule is CC1Oc2ccc(NCC3CCSC3)cc2NC1=O. The average Bonchev–Trinajstić information content (AvgIpc) is 2.91. The van der Waals surface area contributed by atoms with Gasteiger partial charge >= 0.3 is 0 Å². The molecular formula is C14H18N2O2S. The van der Waals surface area contributed by atoms with Crippen molar-refractivity contribution in [3.05, 3.63) is 18.2 Å². The molecule has 2 aliphatic heterocycles. The van der Waals surface area contributed by atoms with Crippen molar-refractivity contribution in [3.63, 3.8) is 0 Å². The highest BCUT2D eigenvalue weighted by Crippen LogP contribution is 2.32. The lowest BCUT2D eigenvalue weighted by Gasteiger charge is -2.24. The van der Waals surface area contributed by atoms with Crippen LogP contribution in [-0.2, 0) is 4.79 Å². The minimum absolute atomic E-state index is 0.0863. The zero-order valence-corrected chi connectivity index (χ0v) is 11.8. The van der Waals surface area contributed by atoms with Gasteiger partial charge in [-0.2, -0.15) is 11.8 Å². The molecule has 1 amide bonds. The summed E-state index contributed by atoms with van der Waals surface area (Å²) in [6.07, 6.45) is 0.877. The van der Waals surface area contributed by atoms with Crippen molar-refractivity contribution in [1.29, 1.82) is 0 Å². The maximum Gasteiger partial charge on any atom is 0.265 e. The Bertz CT molecular complexity index is 486. The fraction of sp³-hybridized carbons (Fsp3) is 0.500. The van der Waals surface area contributed by atoms with Gasteiger partial charge in [-0.05, 0) is 49.0 Å². The van der Waals surface area contributed by atoms with Gasteiger partial charge in [0.15, 0.2) is 6.10 Å². The van der Waals surface area contributed by atoms with E-state index in [1.165, 1.54) is 17.9 Å². The number of carbonyl (C=O) groups is 1. The number of rotatable bonds is 3. The molecule has 0 spiro atoms. The molecule has 4 nitrogen and oxygen atoms in total. The summed E-state index contributed by atoms with van der Waals surface area (Å²) in [6.45, 7) is 2.75. The van der Waals surface area contributed by atoms with Crippen molar-refractivity contribution < 1.29 is 9.53 Å². The van der Waals surface area contributed by atoms with Crippen LogP contribution in [0.15, 0.2) is 18.2 Å². The molecule has 1 aromatic rings. The number of nitrogens with one attached hydrogen (secondary N) is 2. The van der Waals surface area contributed by atoms with E-state index in [-0.39, 0.29) is 5.91 Å². The van der Waals surface area contributed by atoms with Crippen molar-refractivity contribution in [2.24, 2.45) is 5.92 Å². The lowest BCUT2D eigenvalue weighted by atomic mass is 10.1. The number of thioether (sulfide) groups is 1. The van der Waals surface area contributed by atoms with Gasteiger partial charge in [-0.3, -0.25) is 4.79 Å². The monoisotopic (exact) mass is 278 g/mol. The van der Waals surface area contributed by atoms with Crippen LogP contribution in [0.5, 0.6) is 5.75 Å². The lowest BCUT2D eigenvalue weighted by molar-refractivity contribution is -0.122. The first kappa shape index (κ1) is 12.7. The summed E-state index contributed by atoms with van der Waals surface area (Å²) in [7, 11) is 0. The number of benzene rings is 1. The van der Waals surface area contributed by atoms with Crippen LogP contribution < -0.4 is 15.4 Å². The summed E-state index contributed by atoms with van der Waals surface area (Å²) in [5, 5.41) is 6.31. The van der Waals surface area contributed by atoms with Gasteiger partial charge in [0.2, 0.25) is 0 Å². The Kier molecular flexibility index (Phi) is 3.55. The zero-order valence-electron chi connectivity index (χ0n) is 10.9. The van der Waals surface area contributed by atoms with E-state index < -0.39 is 6.10 Å². The predicted molar refractivity (Wildman–Crippen MR) is 79.1 cm³/mol. The second-order valence-electron chi connectivity index (χ2n) is 5.07. The van der Waals surface area contributed by atoms with Crippen LogP contribution in [0, 0.1) is 5.92 Å². The Balaban J connectivity index is 1.67. The Morgan fingerprint density at radius 3 is 3.21 bits per heavy atom. The Morgan fingerprint density at radius 1 is 1.53 bits per heavy atom. The molecule has 2 unspecified atom stereocenters. The number of hydrogen-bond acceptors (Lipinski definition) is 4. The van der Waals surface area contributed by atoms with Gasteiger partial charge in [0.1, 0.15) is 5.75 Å². The normalized spacial score (nSPS) is 25.4. The van der Waals surface area contributed by atoms with E-state index in [0.717, 1.165) is 29.6 Å². The standard InChI is InChI=1S/C14H18N2O2S/c1-9-14(17)16-12-6-11(2-3-13(12)18-9)15-7-10-4-5-19-8-10/h2-3,6,9-10,15H,4-5,7-8H2,1H3,(H,16,17). The smallest absolute Gasteiger partial charge is 0.265 e. The molecule has 2 N–H and O–H groups in total. The lowest BCUT2D eigenvalue weighted by Crippen LogP contribution is -2.34. The van der Waals surface area contributed by atoms with Crippen LogP contribution in [0.2, 0.25) is 0 Å². The number of amides is 1. The van der Waals surface area contributed by atoms with Crippen LogP contribution in [0.3, 0.4) is 0 Å². The van der Waals surface area contributed by atoms with E-state index in [1.54, 1.807) is 6.92 Å². The van der Waals surface area contributed by atoms with Crippen LogP contribution in [0.25, 0.3) is 0 Å². The van der Waals surface area contributed by atoms with Crippen LogP contribution in [-0.4, -0.2) is 30.1 Å². The quantitative estimate of drug-likeness (QED) is 0.892. The maximum absolute atomic E-state index is 11.6. The van der Waals surface area contributed by atoms with Gasteiger partial charge in [-0.25, -0.2) is 0 Å². The van der Waals surface area contributed by atoms with Crippen molar-refractivity contribution in [1.82, 2.24) is 0 Å².